The van der Waals surface area contributed by atoms with E-state index < -0.39 is 48.0 Å². The molecule has 4 atom stereocenters. The van der Waals surface area contributed by atoms with Gasteiger partial charge in [-0.05, 0) is 20.3 Å². The first-order valence-electron chi connectivity index (χ1n) is 9.11. The van der Waals surface area contributed by atoms with Crippen LogP contribution >= 0.6 is 0 Å². The van der Waals surface area contributed by atoms with Crippen LogP contribution in [0.5, 0.6) is 0 Å². The van der Waals surface area contributed by atoms with E-state index in [0.29, 0.717) is 6.42 Å². The number of anilines is 1. The number of amides is 1. The molecule has 1 amide bonds. The Morgan fingerprint density at radius 1 is 1.36 bits per heavy atom. The van der Waals surface area contributed by atoms with Crippen LogP contribution in [-0.4, -0.2) is 62.5 Å². The van der Waals surface area contributed by atoms with Gasteiger partial charge in [0.1, 0.15) is 12.2 Å². The highest BCUT2D eigenvalue weighted by atomic mass is 19.1. The van der Waals surface area contributed by atoms with Crippen molar-refractivity contribution >= 4 is 11.9 Å². The van der Waals surface area contributed by atoms with Crippen LogP contribution in [0.1, 0.15) is 46.3 Å². The Labute approximate surface area is 161 Å². The molecule has 1 fully saturated rings. The lowest BCUT2D eigenvalue weighted by Gasteiger charge is -2.17. The van der Waals surface area contributed by atoms with Crippen molar-refractivity contribution in [2.75, 3.05) is 18.5 Å². The number of rotatable bonds is 6. The van der Waals surface area contributed by atoms with Gasteiger partial charge in [0.25, 0.3) is 0 Å². The fraction of sp³-hybridized carbons (Fsp3) is 0.706. The molecule has 11 heteroatoms. The first kappa shape index (κ1) is 24.0. The molecular weight excluding hydrogens is 377 g/mol. The number of ether oxygens (including phenoxy) is 2. The molecule has 0 aliphatic carbocycles. The lowest BCUT2D eigenvalue weighted by atomic mass is 10.1. The highest BCUT2D eigenvalue weighted by Crippen LogP contribution is 2.28. The number of aliphatic hydroxyl groups is 3. The van der Waals surface area contributed by atoms with Crippen molar-refractivity contribution in [3.63, 3.8) is 0 Å². The topological polar surface area (TPSA) is 143 Å². The summed E-state index contributed by atoms with van der Waals surface area (Å²) in [7, 11) is 0. The van der Waals surface area contributed by atoms with Crippen molar-refractivity contribution < 1.29 is 34.0 Å². The molecule has 1 aliphatic rings. The summed E-state index contributed by atoms with van der Waals surface area (Å²) < 4.78 is 24.9. The van der Waals surface area contributed by atoms with E-state index in [9.17, 15) is 24.2 Å². The molecule has 0 bridgehead atoms. The summed E-state index contributed by atoms with van der Waals surface area (Å²) in [5.41, 5.74) is -0.951. The third-order valence-electron chi connectivity index (χ3n) is 3.86. The summed E-state index contributed by atoms with van der Waals surface area (Å²) in [6, 6.07) is 0. The summed E-state index contributed by atoms with van der Waals surface area (Å²) in [6.45, 7) is 5.61. The Morgan fingerprint density at radius 2 is 2.00 bits per heavy atom. The Balaban J connectivity index is 0.00000122. The van der Waals surface area contributed by atoms with Crippen LogP contribution in [0.15, 0.2) is 11.0 Å². The quantitative estimate of drug-likeness (QED) is 0.508. The molecule has 10 nitrogen and oxygen atoms in total. The third-order valence-corrected chi connectivity index (χ3v) is 3.86. The molecule has 1 aliphatic heterocycles. The number of halogens is 1. The SMILES string of the molecule is CCCCCOC(=O)Nc1nc(=O)n([C@@H]2O[C@H](C)[C@@H](O)[C@H]2O)cc1F.CCO. The van der Waals surface area contributed by atoms with Crippen LogP contribution in [0.2, 0.25) is 0 Å². The van der Waals surface area contributed by atoms with Crippen LogP contribution in [0.25, 0.3) is 0 Å². The predicted octanol–water partition coefficient (Wildman–Crippen LogP) is 0.759. The maximum atomic E-state index is 14.1. The van der Waals surface area contributed by atoms with E-state index in [4.69, 9.17) is 14.6 Å². The molecule has 1 saturated heterocycles. The maximum absolute atomic E-state index is 14.1. The Kier molecular flexibility index (Phi) is 10.0. The second-order valence-electron chi connectivity index (χ2n) is 6.12. The Morgan fingerprint density at radius 3 is 2.54 bits per heavy atom. The third kappa shape index (κ3) is 6.51. The van der Waals surface area contributed by atoms with E-state index in [0.717, 1.165) is 23.6 Å². The van der Waals surface area contributed by atoms with Crippen LogP contribution in [-0.2, 0) is 9.47 Å². The Bertz CT molecular complexity index is 685. The van der Waals surface area contributed by atoms with E-state index in [-0.39, 0.29) is 13.2 Å². The number of nitrogens with zero attached hydrogens (tertiary/aromatic N) is 2. The molecule has 0 aromatic carbocycles. The standard InChI is InChI=1S/C15H22FN3O6.C2H6O/c1-3-4-5-6-24-15(23)18-12-9(16)7-19(14(22)17-12)13-11(21)10(20)8(2)25-13;1-2-3/h7-8,10-11,13,20-21H,3-6H2,1-2H3,(H,17,18,22,23);3H,2H2,1H3/t8-,10-,11-,13-;/m1./s1. The second-order valence-corrected chi connectivity index (χ2v) is 6.12. The zero-order valence-electron chi connectivity index (χ0n) is 16.2. The molecule has 0 saturated carbocycles. The van der Waals surface area contributed by atoms with Crippen molar-refractivity contribution in [1.29, 1.82) is 0 Å². The van der Waals surface area contributed by atoms with Crippen LogP contribution < -0.4 is 11.0 Å². The molecule has 1 aromatic heterocycles. The molecular formula is C17H28FN3O7. The minimum absolute atomic E-state index is 0.177. The number of hydrogen-bond donors (Lipinski definition) is 4. The highest BCUT2D eigenvalue weighted by Gasteiger charge is 2.42. The number of carbonyl (C=O) groups excluding carboxylic acids is 1. The number of nitrogens with one attached hydrogen (secondary N) is 1. The molecule has 2 rings (SSSR count). The van der Waals surface area contributed by atoms with Gasteiger partial charge in [0.15, 0.2) is 17.9 Å². The van der Waals surface area contributed by atoms with E-state index in [1.54, 1.807) is 6.92 Å². The molecule has 4 N–H and O–H groups in total. The van der Waals surface area contributed by atoms with Gasteiger partial charge in [0.05, 0.1) is 18.9 Å². The average Bonchev–Trinajstić information content (AvgIpc) is 2.89. The second kappa shape index (κ2) is 11.7. The van der Waals surface area contributed by atoms with Gasteiger partial charge >= 0.3 is 11.8 Å². The first-order chi connectivity index (χ1) is 13.3. The van der Waals surface area contributed by atoms with E-state index in [1.807, 2.05) is 6.92 Å². The van der Waals surface area contributed by atoms with Gasteiger partial charge in [-0.2, -0.15) is 4.98 Å². The number of hydrogen-bond acceptors (Lipinski definition) is 8. The van der Waals surface area contributed by atoms with Crippen LogP contribution in [0.3, 0.4) is 0 Å². The molecule has 160 valence electrons. The minimum Gasteiger partial charge on any atom is -0.449 e. The van der Waals surface area contributed by atoms with E-state index in [2.05, 4.69) is 10.3 Å². The number of carbonyl (C=O) groups is 1. The van der Waals surface area contributed by atoms with Gasteiger partial charge in [0, 0.05) is 6.61 Å². The number of aliphatic hydroxyl groups excluding tert-OH is 3. The normalized spacial score (nSPS) is 23.7. The summed E-state index contributed by atoms with van der Waals surface area (Å²) in [4.78, 5) is 27.0. The van der Waals surface area contributed by atoms with Crippen molar-refractivity contribution in [2.24, 2.45) is 0 Å². The largest absolute Gasteiger partial charge is 0.449 e. The molecule has 1 aromatic rings. The van der Waals surface area contributed by atoms with Gasteiger partial charge in [-0.25, -0.2) is 14.0 Å². The number of aromatic nitrogens is 2. The van der Waals surface area contributed by atoms with Gasteiger partial charge in [-0.3, -0.25) is 9.88 Å². The summed E-state index contributed by atoms with van der Waals surface area (Å²) >= 11 is 0. The zero-order valence-corrected chi connectivity index (χ0v) is 16.2. The van der Waals surface area contributed by atoms with Crippen molar-refractivity contribution in [3.8, 4) is 0 Å². The van der Waals surface area contributed by atoms with E-state index >= 15 is 0 Å². The summed E-state index contributed by atoms with van der Waals surface area (Å²) in [5.74, 6) is -1.59. The summed E-state index contributed by atoms with van der Waals surface area (Å²) in [5, 5.41) is 29.2. The molecule has 0 spiro atoms. The lowest BCUT2D eigenvalue weighted by Crippen LogP contribution is -2.36. The average molecular weight is 405 g/mol. The lowest BCUT2D eigenvalue weighted by molar-refractivity contribution is -0.0355. The number of unbranched alkanes of at least 4 members (excludes halogenated alkanes) is 2. The molecule has 28 heavy (non-hydrogen) atoms. The minimum atomic E-state index is -1.41. The maximum Gasteiger partial charge on any atom is 0.412 e. The fourth-order valence-corrected chi connectivity index (χ4v) is 2.42. The Hall–Kier alpha value is -2.08. The zero-order chi connectivity index (χ0) is 21.3. The fourth-order valence-electron chi connectivity index (χ4n) is 2.42. The first-order valence-corrected chi connectivity index (χ1v) is 9.11. The smallest absolute Gasteiger partial charge is 0.412 e. The molecule has 0 unspecified atom stereocenters. The molecule has 2 heterocycles. The monoisotopic (exact) mass is 405 g/mol. The van der Waals surface area contributed by atoms with Gasteiger partial charge in [-0.15, -0.1) is 0 Å². The van der Waals surface area contributed by atoms with Crippen molar-refractivity contribution in [1.82, 2.24) is 9.55 Å². The highest BCUT2D eigenvalue weighted by molar-refractivity contribution is 5.83. The van der Waals surface area contributed by atoms with Gasteiger partial charge in [0.2, 0.25) is 0 Å². The predicted molar refractivity (Wildman–Crippen MR) is 97.3 cm³/mol. The molecule has 0 radical (unpaired) electrons. The van der Waals surface area contributed by atoms with Crippen molar-refractivity contribution in [2.45, 2.75) is 64.6 Å². The van der Waals surface area contributed by atoms with Crippen LogP contribution in [0, 0.1) is 5.82 Å². The van der Waals surface area contributed by atoms with Gasteiger partial charge < -0.3 is 24.8 Å². The van der Waals surface area contributed by atoms with E-state index in [1.165, 1.54) is 6.92 Å². The summed E-state index contributed by atoms with van der Waals surface area (Å²) in [6.07, 6.45) is -2.25. The van der Waals surface area contributed by atoms with Crippen molar-refractivity contribution in [3.05, 3.63) is 22.5 Å². The van der Waals surface area contributed by atoms with Crippen LogP contribution in [0.4, 0.5) is 15.0 Å². The van der Waals surface area contributed by atoms with Gasteiger partial charge in [-0.1, -0.05) is 19.8 Å².